The second-order valence-electron chi connectivity index (χ2n) is 12.3. The van der Waals surface area contributed by atoms with Gasteiger partial charge in [-0.2, -0.15) is 0 Å². The number of halogens is 1. The van der Waals surface area contributed by atoms with Gasteiger partial charge < -0.3 is 10.2 Å². The van der Waals surface area contributed by atoms with E-state index in [9.17, 15) is 18.0 Å². The van der Waals surface area contributed by atoms with Gasteiger partial charge in [0, 0.05) is 23.0 Å². The standard InChI is InChI=1S/C36H40BrN3O4S/c1-26-11-15-29(16-12-26)24-39(33(35(42)38-36(3,4)5)23-28-9-7-6-8-10-28)34(41)25-40(31-19-17-30(37)18-20-31)45(43,44)32-21-13-27(2)14-22-32/h6-22,33H,23-25H2,1-5H3,(H,38,42). The fourth-order valence-corrected chi connectivity index (χ4v) is 6.55. The number of nitrogens with zero attached hydrogens (tertiary/aromatic N) is 2. The van der Waals surface area contributed by atoms with Crippen LogP contribution in [0.1, 0.15) is 43.0 Å². The molecule has 1 atom stereocenters. The Bertz CT molecular complexity index is 1700. The lowest BCUT2D eigenvalue weighted by Crippen LogP contribution is -2.56. The maximum Gasteiger partial charge on any atom is 0.264 e. The van der Waals surface area contributed by atoms with Crippen molar-refractivity contribution in [3.63, 3.8) is 0 Å². The van der Waals surface area contributed by atoms with Crippen molar-refractivity contribution in [1.29, 1.82) is 0 Å². The molecule has 0 aliphatic rings. The third kappa shape index (κ3) is 9.28. The van der Waals surface area contributed by atoms with Gasteiger partial charge >= 0.3 is 0 Å². The maximum absolute atomic E-state index is 14.5. The van der Waals surface area contributed by atoms with E-state index >= 15 is 0 Å². The number of carbonyl (C=O) groups is 2. The normalized spacial score (nSPS) is 12.3. The van der Waals surface area contributed by atoms with Crippen LogP contribution in [0.3, 0.4) is 0 Å². The zero-order valence-electron chi connectivity index (χ0n) is 26.3. The number of hydrogen-bond acceptors (Lipinski definition) is 4. The molecular weight excluding hydrogens is 650 g/mol. The van der Waals surface area contributed by atoms with E-state index in [4.69, 9.17) is 0 Å². The molecule has 0 aliphatic carbocycles. The van der Waals surface area contributed by atoms with Crippen molar-refractivity contribution in [2.75, 3.05) is 10.8 Å². The van der Waals surface area contributed by atoms with Crippen LogP contribution in [0.5, 0.6) is 0 Å². The van der Waals surface area contributed by atoms with Crippen LogP contribution in [0.2, 0.25) is 0 Å². The molecule has 4 rings (SSSR count). The van der Waals surface area contributed by atoms with E-state index in [-0.39, 0.29) is 23.8 Å². The number of sulfonamides is 1. The van der Waals surface area contributed by atoms with Crippen LogP contribution in [0.4, 0.5) is 5.69 Å². The molecule has 0 saturated carbocycles. The number of amides is 2. The van der Waals surface area contributed by atoms with Crippen LogP contribution in [0, 0.1) is 13.8 Å². The first kappa shape index (κ1) is 33.9. The molecular formula is C36H40BrN3O4S. The van der Waals surface area contributed by atoms with Crippen molar-refractivity contribution in [2.45, 2.75) is 64.1 Å². The number of hydrogen-bond donors (Lipinski definition) is 1. The molecule has 0 fully saturated rings. The van der Waals surface area contributed by atoms with Crippen LogP contribution in [0.25, 0.3) is 0 Å². The highest BCUT2D eigenvalue weighted by molar-refractivity contribution is 9.10. The van der Waals surface area contributed by atoms with Crippen molar-refractivity contribution in [2.24, 2.45) is 0 Å². The van der Waals surface area contributed by atoms with Crippen LogP contribution < -0.4 is 9.62 Å². The summed E-state index contributed by atoms with van der Waals surface area (Å²) in [5, 5.41) is 3.05. The summed E-state index contributed by atoms with van der Waals surface area (Å²) < 4.78 is 30.2. The summed E-state index contributed by atoms with van der Waals surface area (Å²) in [4.78, 5) is 30.1. The van der Waals surface area contributed by atoms with Crippen molar-refractivity contribution >= 4 is 43.5 Å². The van der Waals surface area contributed by atoms with Gasteiger partial charge in [0.15, 0.2) is 0 Å². The van der Waals surface area contributed by atoms with Gasteiger partial charge in [-0.15, -0.1) is 0 Å². The van der Waals surface area contributed by atoms with E-state index in [0.29, 0.717) is 5.69 Å². The Labute approximate surface area is 275 Å². The van der Waals surface area contributed by atoms with Gasteiger partial charge in [0.05, 0.1) is 10.6 Å². The van der Waals surface area contributed by atoms with Crippen molar-refractivity contribution in [3.05, 3.63) is 130 Å². The average Bonchev–Trinajstić information content (AvgIpc) is 2.99. The number of benzene rings is 4. The summed E-state index contributed by atoms with van der Waals surface area (Å²) in [5.74, 6) is -0.817. The van der Waals surface area contributed by atoms with Gasteiger partial charge in [0.25, 0.3) is 10.0 Å². The molecule has 2 amide bonds. The minimum atomic E-state index is -4.15. The van der Waals surface area contributed by atoms with E-state index in [1.54, 1.807) is 48.5 Å². The number of rotatable bonds is 11. The Morgan fingerprint density at radius 3 is 1.89 bits per heavy atom. The minimum absolute atomic E-state index is 0.0696. The van der Waals surface area contributed by atoms with Crippen molar-refractivity contribution in [1.82, 2.24) is 10.2 Å². The first-order valence-electron chi connectivity index (χ1n) is 14.8. The van der Waals surface area contributed by atoms with E-state index < -0.39 is 34.1 Å². The fourth-order valence-electron chi connectivity index (χ4n) is 4.87. The molecule has 1 N–H and O–H groups in total. The maximum atomic E-state index is 14.5. The zero-order valence-corrected chi connectivity index (χ0v) is 28.7. The SMILES string of the molecule is Cc1ccc(CN(C(=O)CN(c2ccc(Br)cc2)S(=O)(=O)c2ccc(C)cc2)C(Cc2ccccc2)C(=O)NC(C)(C)C)cc1. The molecule has 45 heavy (non-hydrogen) atoms. The number of aryl methyl sites for hydroxylation is 2. The van der Waals surface area contributed by atoms with Gasteiger partial charge in [-0.3, -0.25) is 13.9 Å². The Kier molecular flexibility index (Phi) is 10.9. The molecule has 236 valence electrons. The van der Waals surface area contributed by atoms with Gasteiger partial charge in [-0.25, -0.2) is 8.42 Å². The summed E-state index contributed by atoms with van der Waals surface area (Å²) in [6, 6.07) is 29.7. The smallest absolute Gasteiger partial charge is 0.264 e. The molecule has 0 bridgehead atoms. The molecule has 0 radical (unpaired) electrons. The predicted molar refractivity (Wildman–Crippen MR) is 183 cm³/mol. The highest BCUT2D eigenvalue weighted by Crippen LogP contribution is 2.27. The van der Waals surface area contributed by atoms with Gasteiger partial charge in [0.1, 0.15) is 12.6 Å². The van der Waals surface area contributed by atoms with Crippen LogP contribution in [-0.2, 0) is 32.6 Å². The molecule has 0 heterocycles. The summed E-state index contributed by atoms with van der Waals surface area (Å²) in [7, 11) is -4.15. The number of carbonyl (C=O) groups excluding carboxylic acids is 2. The Balaban J connectivity index is 1.81. The lowest BCUT2D eigenvalue weighted by molar-refractivity contribution is -0.140. The molecule has 0 aromatic heterocycles. The monoisotopic (exact) mass is 689 g/mol. The summed E-state index contributed by atoms with van der Waals surface area (Å²) in [6.45, 7) is 9.14. The first-order chi connectivity index (χ1) is 21.2. The number of nitrogens with one attached hydrogen (secondary N) is 1. The summed E-state index contributed by atoms with van der Waals surface area (Å²) in [5.41, 5.74) is 3.47. The second kappa shape index (κ2) is 14.4. The molecule has 4 aromatic carbocycles. The third-order valence-electron chi connectivity index (χ3n) is 7.25. The highest BCUT2D eigenvalue weighted by atomic mass is 79.9. The molecule has 1 unspecified atom stereocenters. The molecule has 0 aliphatic heterocycles. The van der Waals surface area contributed by atoms with Crippen LogP contribution in [0.15, 0.2) is 112 Å². The lowest BCUT2D eigenvalue weighted by Gasteiger charge is -2.35. The van der Waals surface area contributed by atoms with Gasteiger partial charge in [-0.1, -0.05) is 93.8 Å². The van der Waals surface area contributed by atoms with Gasteiger partial charge in [-0.05, 0) is 82.1 Å². The van der Waals surface area contributed by atoms with Crippen molar-refractivity contribution in [3.8, 4) is 0 Å². The van der Waals surface area contributed by atoms with E-state index in [0.717, 1.165) is 31.0 Å². The minimum Gasteiger partial charge on any atom is -0.350 e. The molecule has 0 spiro atoms. The Morgan fingerprint density at radius 1 is 0.778 bits per heavy atom. The highest BCUT2D eigenvalue weighted by Gasteiger charge is 2.35. The van der Waals surface area contributed by atoms with E-state index in [1.807, 2.05) is 89.2 Å². The van der Waals surface area contributed by atoms with Crippen molar-refractivity contribution < 1.29 is 18.0 Å². The predicted octanol–water partition coefficient (Wildman–Crippen LogP) is 6.82. The van der Waals surface area contributed by atoms with E-state index in [1.165, 1.54) is 4.90 Å². The van der Waals surface area contributed by atoms with Crippen LogP contribution >= 0.6 is 15.9 Å². The molecule has 0 saturated heterocycles. The second-order valence-corrected chi connectivity index (χ2v) is 15.0. The summed E-state index contributed by atoms with van der Waals surface area (Å²) in [6.07, 6.45) is 0.253. The summed E-state index contributed by atoms with van der Waals surface area (Å²) >= 11 is 3.42. The Morgan fingerprint density at radius 2 is 1.33 bits per heavy atom. The zero-order chi connectivity index (χ0) is 32.8. The van der Waals surface area contributed by atoms with E-state index in [2.05, 4.69) is 21.2 Å². The van der Waals surface area contributed by atoms with Gasteiger partial charge in [0.2, 0.25) is 11.8 Å². The lowest BCUT2D eigenvalue weighted by atomic mass is 10.0. The quantitative estimate of drug-likeness (QED) is 0.187. The first-order valence-corrected chi connectivity index (χ1v) is 17.0. The average molecular weight is 691 g/mol. The third-order valence-corrected chi connectivity index (χ3v) is 9.56. The fraction of sp³-hybridized carbons (Fsp3) is 0.278. The topological polar surface area (TPSA) is 86.8 Å². The number of anilines is 1. The molecule has 9 heteroatoms. The largest absolute Gasteiger partial charge is 0.350 e. The Hall–Kier alpha value is -3.95. The molecule has 7 nitrogen and oxygen atoms in total. The molecule has 4 aromatic rings. The van der Waals surface area contributed by atoms with Crippen LogP contribution in [-0.4, -0.2) is 43.3 Å².